The predicted molar refractivity (Wildman–Crippen MR) is 101 cm³/mol. The third-order valence-electron chi connectivity index (χ3n) is 4.55. The lowest BCUT2D eigenvalue weighted by molar-refractivity contribution is -0.129. The van der Waals surface area contributed by atoms with Crippen molar-refractivity contribution in [3.63, 3.8) is 0 Å². The number of carbonyl (C=O) groups excluding carboxylic acids is 2. The summed E-state index contributed by atoms with van der Waals surface area (Å²) in [5.74, 6) is -0.256. The summed E-state index contributed by atoms with van der Waals surface area (Å²) in [5, 5.41) is 2.75. The van der Waals surface area contributed by atoms with Gasteiger partial charge in [0.15, 0.2) is 0 Å². The normalized spacial score (nSPS) is 17.3. The van der Waals surface area contributed by atoms with Gasteiger partial charge in [-0.1, -0.05) is 42.5 Å². The molecule has 0 radical (unpaired) electrons. The molecule has 6 heteroatoms. The minimum atomic E-state index is -0.762. The number of nitrogens with two attached hydrogens (primary N) is 1. The van der Waals surface area contributed by atoms with Crippen LogP contribution >= 0.6 is 0 Å². The Morgan fingerprint density at radius 3 is 2.63 bits per heavy atom. The van der Waals surface area contributed by atoms with Gasteiger partial charge >= 0.3 is 0 Å². The van der Waals surface area contributed by atoms with Gasteiger partial charge in [0.1, 0.15) is 18.4 Å². The smallest absolute Gasteiger partial charge is 0.240 e. The van der Waals surface area contributed by atoms with Gasteiger partial charge in [0.25, 0.3) is 0 Å². The van der Waals surface area contributed by atoms with E-state index in [0.29, 0.717) is 38.4 Å². The molecule has 6 nitrogen and oxygen atoms in total. The highest BCUT2D eigenvalue weighted by atomic mass is 16.5. The predicted octanol–water partition coefficient (Wildman–Crippen LogP) is 1.81. The van der Waals surface area contributed by atoms with Crippen LogP contribution in [0.1, 0.15) is 17.5 Å². The van der Waals surface area contributed by atoms with Gasteiger partial charge in [0.2, 0.25) is 11.8 Å². The standard InChI is InChI=1S/C21H24N2O4/c22-20(24)19(23-21(25)17-9-10-26-14-17)12-16-7-4-8-18(11-16)27-13-15-5-2-1-3-6-15/h1-8,11,17,19H,9-10,12-14H2,(H2,22,24)(H,23,25)/t17-,19-/m0/s1. The number of amides is 2. The van der Waals surface area contributed by atoms with Crippen molar-refractivity contribution in [2.75, 3.05) is 13.2 Å². The topological polar surface area (TPSA) is 90.7 Å². The zero-order valence-corrected chi connectivity index (χ0v) is 15.1. The molecule has 0 aromatic heterocycles. The van der Waals surface area contributed by atoms with Crippen LogP contribution in [0.25, 0.3) is 0 Å². The SMILES string of the molecule is NC(=O)[C@H](Cc1cccc(OCc2ccccc2)c1)NC(=O)[C@H]1CCOC1. The highest BCUT2D eigenvalue weighted by molar-refractivity contribution is 5.87. The Kier molecular flexibility index (Phi) is 6.44. The van der Waals surface area contributed by atoms with Crippen LogP contribution in [0.5, 0.6) is 5.75 Å². The van der Waals surface area contributed by atoms with E-state index in [0.717, 1.165) is 11.1 Å². The maximum atomic E-state index is 12.3. The highest BCUT2D eigenvalue weighted by Gasteiger charge is 2.27. The van der Waals surface area contributed by atoms with Gasteiger partial charge in [0.05, 0.1) is 12.5 Å². The van der Waals surface area contributed by atoms with Gasteiger partial charge in [-0.3, -0.25) is 9.59 Å². The van der Waals surface area contributed by atoms with Crippen LogP contribution in [-0.4, -0.2) is 31.1 Å². The number of benzene rings is 2. The second-order valence-corrected chi connectivity index (χ2v) is 6.65. The molecule has 3 rings (SSSR count). The minimum Gasteiger partial charge on any atom is -0.489 e. The summed E-state index contributed by atoms with van der Waals surface area (Å²) in [6.45, 7) is 1.42. The molecule has 3 N–H and O–H groups in total. The summed E-state index contributed by atoms with van der Waals surface area (Å²) < 4.78 is 11.0. The first-order valence-electron chi connectivity index (χ1n) is 9.05. The first-order valence-corrected chi connectivity index (χ1v) is 9.05. The molecule has 2 amide bonds. The van der Waals surface area contributed by atoms with Crippen molar-refractivity contribution in [3.8, 4) is 5.75 Å². The molecule has 142 valence electrons. The molecule has 0 spiro atoms. The summed E-state index contributed by atoms with van der Waals surface area (Å²) in [5.41, 5.74) is 7.43. The molecule has 1 fully saturated rings. The fraction of sp³-hybridized carbons (Fsp3) is 0.333. The van der Waals surface area contributed by atoms with Crippen LogP contribution < -0.4 is 15.8 Å². The van der Waals surface area contributed by atoms with Gasteiger partial charge in [-0.2, -0.15) is 0 Å². The first-order chi connectivity index (χ1) is 13.1. The van der Waals surface area contributed by atoms with Crippen molar-refractivity contribution >= 4 is 11.8 Å². The summed E-state index contributed by atoms with van der Waals surface area (Å²) in [7, 11) is 0. The third kappa shape index (κ3) is 5.56. The molecule has 0 saturated carbocycles. The van der Waals surface area contributed by atoms with Crippen LogP contribution in [-0.2, 0) is 27.4 Å². The van der Waals surface area contributed by atoms with Crippen LogP contribution in [0.15, 0.2) is 54.6 Å². The van der Waals surface area contributed by atoms with E-state index in [4.69, 9.17) is 15.2 Å². The third-order valence-corrected chi connectivity index (χ3v) is 4.55. The minimum absolute atomic E-state index is 0.187. The average Bonchev–Trinajstić information content (AvgIpc) is 3.22. The Morgan fingerprint density at radius 1 is 1.15 bits per heavy atom. The Bertz CT molecular complexity index is 773. The van der Waals surface area contributed by atoms with E-state index in [-0.39, 0.29) is 11.8 Å². The van der Waals surface area contributed by atoms with Crippen molar-refractivity contribution in [1.29, 1.82) is 0 Å². The molecule has 2 atom stereocenters. The van der Waals surface area contributed by atoms with E-state index < -0.39 is 11.9 Å². The van der Waals surface area contributed by atoms with E-state index in [2.05, 4.69) is 5.32 Å². The van der Waals surface area contributed by atoms with E-state index in [1.54, 1.807) is 0 Å². The molecule has 1 aliphatic rings. The number of ether oxygens (including phenoxy) is 2. The van der Waals surface area contributed by atoms with Crippen LogP contribution in [0.2, 0.25) is 0 Å². The zero-order valence-electron chi connectivity index (χ0n) is 15.1. The van der Waals surface area contributed by atoms with Crippen molar-refractivity contribution in [3.05, 3.63) is 65.7 Å². The summed E-state index contributed by atoms with van der Waals surface area (Å²) in [4.78, 5) is 24.0. The Morgan fingerprint density at radius 2 is 1.93 bits per heavy atom. The van der Waals surface area contributed by atoms with Gasteiger partial charge < -0.3 is 20.5 Å². The molecule has 0 bridgehead atoms. The Balaban J connectivity index is 1.60. The Labute approximate surface area is 158 Å². The fourth-order valence-electron chi connectivity index (χ4n) is 2.99. The van der Waals surface area contributed by atoms with Gasteiger partial charge in [0, 0.05) is 13.0 Å². The molecular formula is C21H24N2O4. The summed E-state index contributed by atoms with van der Waals surface area (Å²) >= 11 is 0. The summed E-state index contributed by atoms with van der Waals surface area (Å²) in [6, 6.07) is 16.6. The molecule has 1 heterocycles. The molecule has 1 aliphatic heterocycles. The number of carbonyl (C=O) groups is 2. The molecule has 0 aliphatic carbocycles. The van der Waals surface area contributed by atoms with E-state index in [1.807, 2.05) is 54.6 Å². The maximum absolute atomic E-state index is 12.3. The van der Waals surface area contributed by atoms with Crippen LogP contribution in [0.4, 0.5) is 0 Å². The van der Waals surface area contributed by atoms with Gasteiger partial charge in [-0.05, 0) is 29.7 Å². The highest BCUT2D eigenvalue weighted by Crippen LogP contribution is 2.17. The zero-order chi connectivity index (χ0) is 19.1. The van der Waals surface area contributed by atoms with E-state index in [1.165, 1.54) is 0 Å². The summed E-state index contributed by atoms with van der Waals surface area (Å²) in [6.07, 6.45) is 0.983. The second-order valence-electron chi connectivity index (χ2n) is 6.65. The van der Waals surface area contributed by atoms with Crippen molar-refractivity contribution in [2.45, 2.75) is 25.5 Å². The number of hydrogen-bond acceptors (Lipinski definition) is 4. The number of nitrogens with one attached hydrogen (secondary N) is 1. The van der Waals surface area contributed by atoms with Crippen LogP contribution in [0, 0.1) is 5.92 Å². The molecule has 0 unspecified atom stereocenters. The molecule has 2 aromatic carbocycles. The van der Waals surface area contributed by atoms with E-state index in [9.17, 15) is 9.59 Å². The van der Waals surface area contributed by atoms with Crippen molar-refractivity contribution < 1.29 is 19.1 Å². The number of hydrogen-bond donors (Lipinski definition) is 2. The Hall–Kier alpha value is -2.86. The maximum Gasteiger partial charge on any atom is 0.240 e. The molecular weight excluding hydrogens is 344 g/mol. The molecule has 1 saturated heterocycles. The second kappa shape index (κ2) is 9.19. The number of rotatable bonds is 8. The number of primary amides is 1. The largest absolute Gasteiger partial charge is 0.489 e. The van der Waals surface area contributed by atoms with Crippen molar-refractivity contribution in [1.82, 2.24) is 5.32 Å². The van der Waals surface area contributed by atoms with E-state index >= 15 is 0 Å². The molecule has 2 aromatic rings. The lowest BCUT2D eigenvalue weighted by atomic mass is 10.0. The monoisotopic (exact) mass is 368 g/mol. The average molecular weight is 368 g/mol. The van der Waals surface area contributed by atoms with Gasteiger partial charge in [-0.25, -0.2) is 0 Å². The van der Waals surface area contributed by atoms with Crippen molar-refractivity contribution in [2.24, 2.45) is 11.7 Å². The first kappa shape index (κ1) is 18.9. The molecule has 27 heavy (non-hydrogen) atoms. The lowest BCUT2D eigenvalue weighted by Crippen LogP contribution is -2.48. The fourth-order valence-corrected chi connectivity index (χ4v) is 2.99. The van der Waals surface area contributed by atoms with Gasteiger partial charge in [-0.15, -0.1) is 0 Å². The van der Waals surface area contributed by atoms with Crippen LogP contribution in [0.3, 0.4) is 0 Å². The lowest BCUT2D eigenvalue weighted by Gasteiger charge is -2.18. The quantitative estimate of drug-likeness (QED) is 0.744.